The van der Waals surface area contributed by atoms with Crippen LogP contribution in [-0.2, 0) is 12.0 Å². The van der Waals surface area contributed by atoms with Gasteiger partial charge in [-0.1, -0.05) is 20.8 Å². The van der Waals surface area contributed by atoms with Crippen LogP contribution < -0.4 is 5.73 Å². The zero-order valence-corrected chi connectivity index (χ0v) is 11.6. The highest BCUT2D eigenvalue weighted by Gasteiger charge is 2.23. The van der Waals surface area contributed by atoms with E-state index in [1.807, 2.05) is 18.5 Å². The topological polar surface area (TPSA) is 69.9 Å². The van der Waals surface area contributed by atoms with Crippen molar-refractivity contribution in [3.05, 3.63) is 17.7 Å². The Kier molecular flexibility index (Phi) is 2.92. The maximum atomic E-state index is 6.05. The van der Waals surface area contributed by atoms with E-state index in [2.05, 4.69) is 30.9 Å². The molecule has 2 heterocycles. The van der Waals surface area contributed by atoms with Gasteiger partial charge in [0.25, 0.3) is 0 Å². The summed E-state index contributed by atoms with van der Waals surface area (Å²) in [6.07, 6.45) is 1.76. The van der Waals surface area contributed by atoms with E-state index in [1.54, 1.807) is 6.20 Å². The fraction of sp³-hybridized carbons (Fsp3) is 0.538. The first kappa shape index (κ1) is 12.7. The van der Waals surface area contributed by atoms with Crippen molar-refractivity contribution in [1.29, 1.82) is 0 Å². The van der Waals surface area contributed by atoms with Gasteiger partial charge >= 0.3 is 0 Å². The Balaban J connectivity index is 2.52. The molecule has 0 bridgehead atoms. The number of oxazole rings is 1. The largest absolute Gasteiger partial charge is 0.439 e. The lowest BCUT2D eigenvalue weighted by Gasteiger charge is -2.13. The molecule has 0 radical (unpaired) electrons. The first-order chi connectivity index (χ1) is 8.34. The molecule has 2 aromatic heterocycles. The van der Waals surface area contributed by atoms with Gasteiger partial charge in [-0.3, -0.25) is 4.68 Å². The molecule has 98 valence electrons. The minimum absolute atomic E-state index is 0.0634. The Hall–Kier alpha value is -1.78. The summed E-state index contributed by atoms with van der Waals surface area (Å²) in [6.45, 7) is 10.9. The van der Waals surface area contributed by atoms with Crippen LogP contribution in [0.25, 0.3) is 11.6 Å². The molecule has 2 rings (SSSR count). The monoisotopic (exact) mass is 248 g/mol. The van der Waals surface area contributed by atoms with Gasteiger partial charge in [-0.05, 0) is 13.8 Å². The number of nitrogens with zero attached hydrogens (tertiary/aromatic N) is 3. The van der Waals surface area contributed by atoms with Crippen molar-refractivity contribution >= 4 is 5.69 Å². The lowest BCUT2D eigenvalue weighted by molar-refractivity contribution is 0.413. The van der Waals surface area contributed by atoms with E-state index in [0.717, 1.165) is 23.7 Å². The predicted molar refractivity (Wildman–Crippen MR) is 71.2 cm³/mol. The van der Waals surface area contributed by atoms with Gasteiger partial charge in [-0.15, -0.1) is 0 Å². The molecule has 0 atom stereocenters. The average molecular weight is 248 g/mol. The van der Waals surface area contributed by atoms with E-state index in [4.69, 9.17) is 10.2 Å². The first-order valence-corrected chi connectivity index (χ1v) is 6.14. The Morgan fingerprint density at radius 1 is 1.39 bits per heavy atom. The van der Waals surface area contributed by atoms with Crippen LogP contribution in [0.5, 0.6) is 0 Å². The Bertz CT molecular complexity index is 560. The molecule has 2 N–H and O–H groups in total. The van der Waals surface area contributed by atoms with Gasteiger partial charge in [-0.25, -0.2) is 4.98 Å². The second-order valence-electron chi connectivity index (χ2n) is 5.44. The van der Waals surface area contributed by atoms with Crippen molar-refractivity contribution in [2.75, 3.05) is 5.73 Å². The number of aromatic nitrogens is 3. The number of hydrogen-bond donors (Lipinski definition) is 1. The third-order valence-electron chi connectivity index (χ3n) is 2.92. The zero-order valence-electron chi connectivity index (χ0n) is 11.6. The Morgan fingerprint density at radius 2 is 2.06 bits per heavy atom. The number of nitrogen functional groups attached to an aromatic ring is 1. The molecule has 2 aromatic rings. The van der Waals surface area contributed by atoms with Gasteiger partial charge < -0.3 is 10.2 Å². The smallest absolute Gasteiger partial charge is 0.247 e. The first-order valence-electron chi connectivity index (χ1n) is 6.14. The maximum Gasteiger partial charge on any atom is 0.247 e. The highest BCUT2D eigenvalue weighted by atomic mass is 16.4. The number of anilines is 1. The highest BCUT2D eigenvalue weighted by Crippen LogP contribution is 2.31. The molecule has 0 saturated heterocycles. The summed E-state index contributed by atoms with van der Waals surface area (Å²) in [5.74, 6) is 1.39. The lowest BCUT2D eigenvalue weighted by Crippen LogP contribution is -2.09. The quantitative estimate of drug-likeness (QED) is 0.887. The van der Waals surface area contributed by atoms with Crippen molar-refractivity contribution in [2.24, 2.45) is 0 Å². The summed E-state index contributed by atoms with van der Waals surface area (Å²) < 4.78 is 7.64. The van der Waals surface area contributed by atoms with Crippen LogP contribution in [0.15, 0.2) is 10.6 Å². The Labute approximate surface area is 107 Å². The number of rotatable bonds is 2. The second kappa shape index (κ2) is 4.15. The van der Waals surface area contributed by atoms with Crippen molar-refractivity contribution in [3.8, 4) is 11.6 Å². The number of aryl methyl sites for hydroxylation is 2. The van der Waals surface area contributed by atoms with Crippen LogP contribution in [0, 0.1) is 6.92 Å². The second-order valence-corrected chi connectivity index (χ2v) is 5.44. The fourth-order valence-corrected chi connectivity index (χ4v) is 1.78. The van der Waals surface area contributed by atoms with E-state index >= 15 is 0 Å². The van der Waals surface area contributed by atoms with E-state index in [-0.39, 0.29) is 5.41 Å². The minimum atomic E-state index is -0.0634. The molecule has 5 heteroatoms. The molecule has 0 aliphatic rings. The third kappa shape index (κ3) is 2.00. The van der Waals surface area contributed by atoms with Gasteiger partial charge in [0.2, 0.25) is 5.89 Å². The molecule has 0 amide bonds. The summed E-state index contributed by atoms with van der Waals surface area (Å²) in [5, 5.41) is 4.37. The molecule has 5 nitrogen and oxygen atoms in total. The number of nitrogens with two attached hydrogens (primary N) is 1. The van der Waals surface area contributed by atoms with Gasteiger partial charge in [0.15, 0.2) is 0 Å². The van der Waals surface area contributed by atoms with E-state index < -0.39 is 0 Å². The molecule has 0 aliphatic heterocycles. The third-order valence-corrected chi connectivity index (χ3v) is 2.92. The molecule has 0 fully saturated rings. The van der Waals surface area contributed by atoms with Gasteiger partial charge in [0.05, 0.1) is 17.6 Å². The zero-order chi connectivity index (χ0) is 13.5. The summed E-state index contributed by atoms with van der Waals surface area (Å²) in [7, 11) is 0. The van der Waals surface area contributed by atoms with Crippen LogP contribution in [0.2, 0.25) is 0 Å². The standard InChI is InChI=1S/C13H20N4O/c1-6-17-11(10(14)8(2)16-17)12-15-7-9(18-12)13(3,4)5/h7H,6,14H2,1-5H3. The fourth-order valence-electron chi connectivity index (χ4n) is 1.78. The predicted octanol–water partition coefficient (Wildman–Crippen LogP) is 2.75. The minimum Gasteiger partial charge on any atom is -0.439 e. The lowest BCUT2D eigenvalue weighted by atomic mass is 9.94. The van der Waals surface area contributed by atoms with Gasteiger partial charge in [-0.2, -0.15) is 5.10 Å². The van der Waals surface area contributed by atoms with Crippen molar-refractivity contribution < 1.29 is 4.42 Å². The average Bonchev–Trinajstić information content (AvgIpc) is 2.84. The van der Waals surface area contributed by atoms with E-state index in [9.17, 15) is 0 Å². The van der Waals surface area contributed by atoms with Crippen LogP contribution in [0.3, 0.4) is 0 Å². The molecule has 0 unspecified atom stereocenters. The molecule has 0 saturated carbocycles. The SMILES string of the molecule is CCn1nc(C)c(N)c1-c1ncc(C(C)(C)C)o1. The normalized spacial score (nSPS) is 12.1. The summed E-state index contributed by atoms with van der Waals surface area (Å²) in [4.78, 5) is 4.33. The van der Waals surface area contributed by atoms with Crippen molar-refractivity contribution in [3.63, 3.8) is 0 Å². The van der Waals surface area contributed by atoms with E-state index in [1.165, 1.54) is 0 Å². The van der Waals surface area contributed by atoms with Crippen LogP contribution in [0.1, 0.15) is 39.1 Å². The molecule has 0 spiro atoms. The van der Waals surface area contributed by atoms with Crippen LogP contribution >= 0.6 is 0 Å². The molecule has 0 aliphatic carbocycles. The Morgan fingerprint density at radius 3 is 2.56 bits per heavy atom. The number of hydrogen-bond acceptors (Lipinski definition) is 4. The molecule has 18 heavy (non-hydrogen) atoms. The summed E-state index contributed by atoms with van der Waals surface area (Å²) in [6, 6.07) is 0. The molecular weight excluding hydrogens is 228 g/mol. The summed E-state index contributed by atoms with van der Waals surface area (Å²) in [5.41, 5.74) is 8.20. The van der Waals surface area contributed by atoms with Crippen molar-refractivity contribution in [2.45, 2.75) is 46.6 Å². The highest BCUT2D eigenvalue weighted by molar-refractivity contribution is 5.69. The maximum absolute atomic E-state index is 6.05. The van der Waals surface area contributed by atoms with Crippen LogP contribution in [0.4, 0.5) is 5.69 Å². The van der Waals surface area contributed by atoms with E-state index in [0.29, 0.717) is 11.6 Å². The molecule has 0 aromatic carbocycles. The van der Waals surface area contributed by atoms with Crippen molar-refractivity contribution in [1.82, 2.24) is 14.8 Å². The summed E-state index contributed by atoms with van der Waals surface area (Å²) >= 11 is 0. The van der Waals surface area contributed by atoms with Crippen LogP contribution in [-0.4, -0.2) is 14.8 Å². The van der Waals surface area contributed by atoms with Gasteiger partial charge in [0.1, 0.15) is 11.5 Å². The molecular formula is C13H20N4O. The van der Waals surface area contributed by atoms with Gasteiger partial charge in [0, 0.05) is 12.0 Å².